The summed E-state index contributed by atoms with van der Waals surface area (Å²) in [6.07, 6.45) is 7.06. The maximum Gasteiger partial charge on any atom is 0.216 e. The van der Waals surface area contributed by atoms with E-state index in [1.807, 2.05) is 31.4 Å². The lowest BCUT2D eigenvalue weighted by Gasteiger charge is -2.37. The highest BCUT2D eigenvalue weighted by molar-refractivity contribution is 6.13. The number of aryl methyl sites for hydroxylation is 3. The van der Waals surface area contributed by atoms with Crippen molar-refractivity contribution < 1.29 is 13.4 Å². The number of halogens is 1. The summed E-state index contributed by atoms with van der Waals surface area (Å²) < 4.78 is 24.4. The van der Waals surface area contributed by atoms with Gasteiger partial charge >= 0.3 is 0 Å². The molecule has 0 unspecified atom stereocenters. The summed E-state index contributed by atoms with van der Waals surface area (Å²) in [5.74, 6) is 1.13. The lowest BCUT2D eigenvalue weighted by molar-refractivity contribution is -0.660. The van der Waals surface area contributed by atoms with Gasteiger partial charge < -0.3 is 4.42 Å². The van der Waals surface area contributed by atoms with Crippen LogP contribution in [0.4, 0.5) is 4.39 Å². The maximum absolute atomic E-state index is 15.6. The van der Waals surface area contributed by atoms with Crippen LogP contribution in [0.15, 0.2) is 71.3 Å². The molecule has 200 valence electrons. The second-order valence-electron chi connectivity index (χ2n) is 12.7. The molecule has 1 aliphatic rings. The predicted molar refractivity (Wildman–Crippen MR) is 159 cm³/mol. The van der Waals surface area contributed by atoms with Gasteiger partial charge in [-0.3, -0.25) is 0 Å². The van der Waals surface area contributed by atoms with E-state index < -0.39 is 0 Å². The van der Waals surface area contributed by atoms with Gasteiger partial charge in [0.1, 0.15) is 24.0 Å². The molecule has 2 nitrogen and oxygen atoms in total. The number of furan rings is 1. The van der Waals surface area contributed by atoms with Gasteiger partial charge in [-0.15, -0.1) is 0 Å². The molecule has 1 fully saturated rings. The number of hydrogen-bond acceptors (Lipinski definition) is 1. The summed E-state index contributed by atoms with van der Waals surface area (Å²) in [5.41, 5.74) is 9.02. The van der Waals surface area contributed by atoms with Crippen molar-refractivity contribution in [2.24, 2.45) is 18.4 Å². The van der Waals surface area contributed by atoms with E-state index in [1.54, 1.807) is 6.07 Å². The number of aromatic nitrogens is 1. The fraction of sp³-hybridized carbons (Fsp3) is 0.361. The monoisotopic (exact) mass is 520 g/mol. The van der Waals surface area contributed by atoms with Crippen molar-refractivity contribution in [3.63, 3.8) is 0 Å². The van der Waals surface area contributed by atoms with E-state index in [0.717, 1.165) is 50.2 Å². The first kappa shape index (κ1) is 25.8. The van der Waals surface area contributed by atoms with Crippen molar-refractivity contribution in [3.8, 4) is 22.4 Å². The molecular formula is C36H39FNO+. The van der Waals surface area contributed by atoms with E-state index in [4.69, 9.17) is 4.42 Å². The number of fused-ring (bicyclic) bond motifs is 3. The van der Waals surface area contributed by atoms with Gasteiger partial charge in [-0.25, -0.2) is 8.96 Å². The largest absolute Gasteiger partial charge is 0.454 e. The van der Waals surface area contributed by atoms with Crippen LogP contribution < -0.4 is 4.57 Å². The summed E-state index contributed by atoms with van der Waals surface area (Å²) in [7, 11) is 2.04. The number of hydrogen-bond donors (Lipinski definition) is 0. The van der Waals surface area contributed by atoms with Crippen LogP contribution in [0.25, 0.3) is 44.3 Å². The second kappa shape index (κ2) is 9.62. The minimum Gasteiger partial charge on any atom is -0.454 e. The molecule has 2 aromatic heterocycles. The van der Waals surface area contributed by atoms with E-state index in [0.29, 0.717) is 22.5 Å². The molecule has 0 N–H and O–H groups in total. The Labute approximate surface area is 231 Å². The van der Waals surface area contributed by atoms with E-state index in [1.165, 1.54) is 31.2 Å². The quantitative estimate of drug-likeness (QED) is 0.216. The van der Waals surface area contributed by atoms with Crippen molar-refractivity contribution in [1.82, 2.24) is 0 Å². The van der Waals surface area contributed by atoms with Crippen LogP contribution in [0, 0.1) is 31.0 Å². The van der Waals surface area contributed by atoms with Crippen LogP contribution in [0.2, 0.25) is 0 Å². The maximum atomic E-state index is 15.6. The van der Waals surface area contributed by atoms with Crippen LogP contribution in [-0.2, 0) is 7.05 Å². The molecule has 0 spiro atoms. The van der Waals surface area contributed by atoms with E-state index in [2.05, 4.69) is 75.6 Å². The molecular weight excluding hydrogens is 481 g/mol. The molecule has 39 heavy (non-hydrogen) atoms. The number of rotatable bonds is 3. The Balaban J connectivity index is 1.45. The lowest BCUT2D eigenvalue weighted by atomic mass is 9.68. The van der Waals surface area contributed by atoms with Gasteiger partial charge in [-0.1, -0.05) is 51.1 Å². The van der Waals surface area contributed by atoms with E-state index in [-0.39, 0.29) is 5.82 Å². The van der Waals surface area contributed by atoms with Gasteiger partial charge in [0.15, 0.2) is 6.20 Å². The van der Waals surface area contributed by atoms with E-state index >= 15 is 4.39 Å². The summed E-state index contributed by atoms with van der Waals surface area (Å²) in [6.45, 7) is 11.3. The fourth-order valence-corrected chi connectivity index (χ4v) is 6.84. The molecule has 0 saturated heterocycles. The van der Waals surface area contributed by atoms with Crippen molar-refractivity contribution >= 4 is 21.9 Å². The highest BCUT2D eigenvalue weighted by atomic mass is 19.1. The first-order chi connectivity index (χ1) is 18.6. The predicted octanol–water partition coefficient (Wildman–Crippen LogP) is 9.82. The number of pyridine rings is 1. The summed E-state index contributed by atoms with van der Waals surface area (Å²) in [5, 5.41) is 1.96. The van der Waals surface area contributed by atoms with Gasteiger partial charge in [-0.2, -0.15) is 0 Å². The Kier molecular flexibility index (Phi) is 6.37. The van der Waals surface area contributed by atoms with Crippen molar-refractivity contribution in [2.45, 2.75) is 66.2 Å². The van der Waals surface area contributed by atoms with Gasteiger partial charge in [-0.05, 0) is 97.2 Å². The Bertz CT molecular complexity index is 1700. The van der Waals surface area contributed by atoms with Crippen LogP contribution >= 0.6 is 0 Å². The van der Waals surface area contributed by atoms with Crippen LogP contribution in [0.5, 0.6) is 0 Å². The third kappa shape index (κ3) is 4.46. The number of nitrogens with zero attached hydrogens (tertiary/aromatic N) is 1. The molecule has 0 atom stereocenters. The zero-order chi connectivity index (χ0) is 27.5. The van der Waals surface area contributed by atoms with Gasteiger partial charge in [0.05, 0.1) is 11.1 Å². The fourth-order valence-electron chi connectivity index (χ4n) is 6.84. The van der Waals surface area contributed by atoms with Gasteiger partial charge in [0.25, 0.3) is 0 Å². The Morgan fingerprint density at radius 3 is 2.15 bits per heavy atom. The Morgan fingerprint density at radius 1 is 0.795 bits per heavy atom. The second-order valence-corrected chi connectivity index (χ2v) is 12.7. The standard InChI is InChI=1S/C36H39FNO/c1-22-10-16-28-29-18-19-30(37)33(35(29)39-34(28)32(22)31-9-7-8-20-38(31)6)27-17-13-25(21-23(27)2)24-11-14-26(15-12-24)36(3,4)5/h7-10,13,16-21,24,26H,11-12,14-15H2,1-6H3/q+1. The average molecular weight is 521 g/mol. The third-order valence-electron chi connectivity index (χ3n) is 9.22. The summed E-state index contributed by atoms with van der Waals surface area (Å²) in [4.78, 5) is 0. The van der Waals surface area contributed by atoms with Gasteiger partial charge in [0, 0.05) is 22.9 Å². The first-order valence-electron chi connectivity index (χ1n) is 14.3. The molecule has 0 amide bonds. The molecule has 1 aliphatic carbocycles. The first-order valence-corrected chi connectivity index (χ1v) is 14.3. The average Bonchev–Trinajstić information content (AvgIpc) is 3.28. The molecule has 0 radical (unpaired) electrons. The Morgan fingerprint density at radius 2 is 1.49 bits per heavy atom. The van der Waals surface area contributed by atoms with Gasteiger partial charge in [0.2, 0.25) is 5.69 Å². The molecule has 0 aliphatic heterocycles. The zero-order valence-corrected chi connectivity index (χ0v) is 24.1. The highest BCUT2D eigenvalue weighted by Gasteiger charge is 2.30. The molecule has 6 rings (SSSR count). The highest BCUT2D eigenvalue weighted by Crippen LogP contribution is 2.45. The molecule has 2 heterocycles. The molecule has 3 aromatic carbocycles. The topological polar surface area (TPSA) is 17.0 Å². The SMILES string of the molecule is Cc1cc(C2CCC(C(C)(C)C)CC2)ccc1-c1c(F)ccc2c1oc1c(-c3cccc[n+]3C)c(C)ccc12. The third-order valence-corrected chi connectivity index (χ3v) is 9.22. The molecule has 3 heteroatoms. The minimum absolute atomic E-state index is 0.244. The minimum atomic E-state index is -0.244. The lowest BCUT2D eigenvalue weighted by Crippen LogP contribution is -2.30. The zero-order valence-electron chi connectivity index (χ0n) is 24.1. The Hall–Kier alpha value is -3.46. The van der Waals surface area contributed by atoms with Crippen LogP contribution in [0.3, 0.4) is 0 Å². The van der Waals surface area contributed by atoms with Crippen molar-refractivity contribution in [2.75, 3.05) is 0 Å². The molecule has 1 saturated carbocycles. The van der Waals surface area contributed by atoms with Crippen molar-refractivity contribution in [3.05, 3.63) is 89.4 Å². The molecule has 5 aromatic rings. The smallest absolute Gasteiger partial charge is 0.216 e. The van der Waals surface area contributed by atoms with Crippen LogP contribution in [-0.4, -0.2) is 0 Å². The normalized spacial score (nSPS) is 18.2. The van der Waals surface area contributed by atoms with Crippen LogP contribution in [0.1, 0.15) is 69.1 Å². The van der Waals surface area contributed by atoms with E-state index in [9.17, 15) is 0 Å². The summed E-state index contributed by atoms with van der Waals surface area (Å²) in [6, 6.07) is 20.5. The molecule has 0 bridgehead atoms. The van der Waals surface area contributed by atoms with Crippen molar-refractivity contribution in [1.29, 1.82) is 0 Å². The summed E-state index contributed by atoms with van der Waals surface area (Å²) >= 11 is 0. The number of benzene rings is 3.